The van der Waals surface area contributed by atoms with Gasteiger partial charge in [0.2, 0.25) is 0 Å². The molecule has 2 rings (SSSR count). The molecule has 0 spiro atoms. The van der Waals surface area contributed by atoms with Gasteiger partial charge < -0.3 is 10.4 Å². The van der Waals surface area contributed by atoms with Crippen LogP contribution in [0.4, 0.5) is 0 Å². The molecule has 2 N–H and O–H groups in total. The normalized spacial score (nSPS) is 22.2. The average Bonchev–Trinajstić information content (AvgIpc) is 2.48. The summed E-state index contributed by atoms with van der Waals surface area (Å²) >= 11 is 1.99. The summed E-state index contributed by atoms with van der Waals surface area (Å²) in [5, 5.41) is 12.8. The van der Waals surface area contributed by atoms with Crippen molar-refractivity contribution < 1.29 is 5.11 Å². The fourth-order valence-electron chi connectivity index (χ4n) is 2.06. The van der Waals surface area contributed by atoms with Gasteiger partial charge in [0.15, 0.2) is 0 Å². The fraction of sp³-hybridized carbons (Fsp3) is 0.538. The van der Waals surface area contributed by atoms with Crippen LogP contribution in [-0.4, -0.2) is 29.3 Å². The Hall–Kier alpha value is -0.510. The summed E-state index contributed by atoms with van der Waals surface area (Å²) < 4.78 is 0. The van der Waals surface area contributed by atoms with Crippen LogP contribution in [0.25, 0.3) is 0 Å². The van der Waals surface area contributed by atoms with Crippen molar-refractivity contribution >= 4 is 11.8 Å². The lowest BCUT2D eigenvalue weighted by atomic mass is 9.99. The highest BCUT2D eigenvalue weighted by molar-refractivity contribution is 7.99. The summed E-state index contributed by atoms with van der Waals surface area (Å²) in [6, 6.07) is 9.03. The molecule has 0 radical (unpaired) electrons. The fourth-order valence-corrected chi connectivity index (χ4v) is 3.12. The molecule has 1 aromatic rings. The monoisotopic (exact) mass is 237 g/mol. The van der Waals surface area contributed by atoms with Crippen molar-refractivity contribution in [1.29, 1.82) is 0 Å². The molecule has 16 heavy (non-hydrogen) atoms. The van der Waals surface area contributed by atoms with Gasteiger partial charge in [0.05, 0.1) is 6.10 Å². The van der Waals surface area contributed by atoms with E-state index in [0.29, 0.717) is 12.6 Å². The van der Waals surface area contributed by atoms with Gasteiger partial charge in [0.1, 0.15) is 0 Å². The first-order chi connectivity index (χ1) is 7.77. The second-order valence-electron chi connectivity index (χ2n) is 4.33. The van der Waals surface area contributed by atoms with Crippen LogP contribution in [0.5, 0.6) is 0 Å². The molecule has 0 aliphatic carbocycles. The molecular formula is C13H19NOS. The predicted molar refractivity (Wildman–Crippen MR) is 69.9 cm³/mol. The predicted octanol–water partition coefficient (Wildman–Crippen LogP) is 1.99. The third-order valence-corrected chi connectivity index (χ3v) is 3.95. The number of fused-ring (bicyclic) bond motifs is 1. The number of benzene rings is 1. The minimum Gasteiger partial charge on any atom is -0.392 e. The van der Waals surface area contributed by atoms with E-state index >= 15 is 0 Å². The molecule has 2 unspecified atom stereocenters. The lowest BCUT2D eigenvalue weighted by Crippen LogP contribution is -2.30. The third-order valence-electron chi connectivity index (χ3n) is 2.89. The molecule has 2 nitrogen and oxygen atoms in total. The molecule has 2 atom stereocenters. The van der Waals surface area contributed by atoms with Crippen molar-refractivity contribution in [2.24, 2.45) is 0 Å². The van der Waals surface area contributed by atoms with E-state index in [9.17, 15) is 5.11 Å². The maximum absolute atomic E-state index is 9.33. The van der Waals surface area contributed by atoms with Crippen LogP contribution >= 0.6 is 11.8 Å². The van der Waals surface area contributed by atoms with Gasteiger partial charge in [0, 0.05) is 18.3 Å². The number of nitrogens with one attached hydrogen (secondary N) is 1. The minimum atomic E-state index is -0.277. The Kier molecular flexibility index (Phi) is 4.27. The van der Waals surface area contributed by atoms with Gasteiger partial charge >= 0.3 is 0 Å². The molecular weight excluding hydrogens is 218 g/mol. The number of aliphatic hydroxyl groups excluding tert-OH is 1. The van der Waals surface area contributed by atoms with Crippen LogP contribution in [0.1, 0.15) is 24.1 Å². The second kappa shape index (κ2) is 5.71. The summed E-state index contributed by atoms with van der Waals surface area (Å²) in [6.45, 7) is 2.49. The molecule has 0 saturated carbocycles. The first kappa shape index (κ1) is 12.0. The SMILES string of the molecule is CC(O)CNC1CSCCc2ccccc21. The number of thioether (sulfide) groups is 1. The first-order valence-electron chi connectivity index (χ1n) is 5.84. The molecule has 1 heterocycles. The largest absolute Gasteiger partial charge is 0.392 e. The summed E-state index contributed by atoms with van der Waals surface area (Å²) in [5.74, 6) is 2.30. The Balaban J connectivity index is 2.12. The lowest BCUT2D eigenvalue weighted by Gasteiger charge is -2.19. The van der Waals surface area contributed by atoms with Gasteiger partial charge in [-0.15, -0.1) is 0 Å². The molecule has 88 valence electrons. The van der Waals surface area contributed by atoms with Gasteiger partial charge in [0.25, 0.3) is 0 Å². The number of aliphatic hydroxyl groups is 1. The summed E-state index contributed by atoms with van der Waals surface area (Å²) in [6.07, 6.45) is 0.883. The maximum atomic E-state index is 9.33. The lowest BCUT2D eigenvalue weighted by molar-refractivity contribution is 0.187. The molecule has 0 saturated heterocycles. The summed E-state index contributed by atoms with van der Waals surface area (Å²) in [5.41, 5.74) is 2.86. The van der Waals surface area contributed by atoms with Crippen molar-refractivity contribution in [2.75, 3.05) is 18.1 Å². The van der Waals surface area contributed by atoms with Crippen molar-refractivity contribution in [3.05, 3.63) is 35.4 Å². The maximum Gasteiger partial charge on any atom is 0.0636 e. The van der Waals surface area contributed by atoms with Crippen molar-refractivity contribution in [3.63, 3.8) is 0 Å². The summed E-state index contributed by atoms with van der Waals surface area (Å²) in [7, 11) is 0. The Bertz CT molecular complexity index is 340. The van der Waals surface area contributed by atoms with E-state index in [2.05, 4.69) is 29.6 Å². The Morgan fingerprint density at radius 2 is 2.31 bits per heavy atom. The van der Waals surface area contributed by atoms with Crippen LogP contribution in [0.2, 0.25) is 0 Å². The Morgan fingerprint density at radius 3 is 3.12 bits per heavy atom. The van der Waals surface area contributed by atoms with E-state index in [-0.39, 0.29) is 6.10 Å². The number of rotatable bonds is 3. The van der Waals surface area contributed by atoms with E-state index in [1.165, 1.54) is 16.9 Å². The standard InChI is InChI=1S/C13H19NOS/c1-10(15)8-14-13-9-16-7-6-11-4-2-3-5-12(11)13/h2-5,10,13-15H,6-9H2,1H3. The second-order valence-corrected chi connectivity index (χ2v) is 5.48. The zero-order valence-electron chi connectivity index (χ0n) is 9.65. The number of aryl methyl sites for hydroxylation is 1. The Morgan fingerprint density at radius 1 is 1.50 bits per heavy atom. The quantitative estimate of drug-likeness (QED) is 0.843. The van der Waals surface area contributed by atoms with Crippen LogP contribution in [0.15, 0.2) is 24.3 Å². The van der Waals surface area contributed by atoms with Gasteiger partial charge in [-0.05, 0) is 30.2 Å². The Labute approximate surface area is 101 Å². The van der Waals surface area contributed by atoms with Gasteiger partial charge in [-0.3, -0.25) is 0 Å². The van der Waals surface area contributed by atoms with Gasteiger partial charge in [-0.2, -0.15) is 11.8 Å². The van der Waals surface area contributed by atoms with Crippen LogP contribution < -0.4 is 5.32 Å². The number of hydrogen-bond acceptors (Lipinski definition) is 3. The van der Waals surface area contributed by atoms with Crippen LogP contribution in [-0.2, 0) is 6.42 Å². The van der Waals surface area contributed by atoms with E-state index in [4.69, 9.17) is 0 Å². The zero-order chi connectivity index (χ0) is 11.4. The van der Waals surface area contributed by atoms with Crippen molar-refractivity contribution in [2.45, 2.75) is 25.5 Å². The van der Waals surface area contributed by atoms with Crippen LogP contribution in [0, 0.1) is 0 Å². The zero-order valence-corrected chi connectivity index (χ0v) is 10.5. The molecule has 0 amide bonds. The van der Waals surface area contributed by atoms with E-state index < -0.39 is 0 Å². The van der Waals surface area contributed by atoms with Crippen molar-refractivity contribution in [1.82, 2.24) is 5.32 Å². The smallest absolute Gasteiger partial charge is 0.0636 e. The molecule has 0 fully saturated rings. The highest BCUT2D eigenvalue weighted by Crippen LogP contribution is 2.27. The molecule has 0 aromatic heterocycles. The van der Waals surface area contributed by atoms with E-state index in [1.807, 2.05) is 18.7 Å². The highest BCUT2D eigenvalue weighted by Gasteiger charge is 2.18. The third kappa shape index (κ3) is 3.00. The van der Waals surface area contributed by atoms with Gasteiger partial charge in [-0.1, -0.05) is 24.3 Å². The first-order valence-corrected chi connectivity index (χ1v) is 7.00. The van der Waals surface area contributed by atoms with Crippen LogP contribution in [0.3, 0.4) is 0 Å². The molecule has 1 aliphatic rings. The average molecular weight is 237 g/mol. The minimum absolute atomic E-state index is 0.277. The molecule has 1 aromatic carbocycles. The number of hydrogen-bond donors (Lipinski definition) is 2. The molecule has 3 heteroatoms. The highest BCUT2D eigenvalue weighted by atomic mass is 32.2. The van der Waals surface area contributed by atoms with E-state index in [0.717, 1.165) is 12.2 Å². The molecule has 0 bridgehead atoms. The van der Waals surface area contributed by atoms with Crippen molar-refractivity contribution in [3.8, 4) is 0 Å². The molecule has 1 aliphatic heterocycles. The van der Waals surface area contributed by atoms with E-state index in [1.54, 1.807) is 0 Å². The topological polar surface area (TPSA) is 32.3 Å². The summed E-state index contributed by atoms with van der Waals surface area (Å²) in [4.78, 5) is 0. The van der Waals surface area contributed by atoms with Gasteiger partial charge in [-0.25, -0.2) is 0 Å².